The van der Waals surface area contributed by atoms with Gasteiger partial charge >= 0.3 is 6.03 Å². The maximum Gasteiger partial charge on any atom is 0.335 e. The van der Waals surface area contributed by atoms with E-state index >= 15 is 0 Å². The first-order chi connectivity index (χ1) is 18.1. The minimum Gasteiger partial charge on any atom is -0.484 e. The number of aryl methyl sites for hydroxylation is 2. The van der Waals surface area contributed by atoms with E-state index < -0.39 is 22.8 Å². The van der Waals surface area contributed by atoms with Gasteiger partial charge in [0.2, 0.25) is 0 Å². The molecule has 0 spiro atoms. The number of nitro benzene ring substituents is 1. The lowest BCUT2D eigenvalue weighted by molar-refractivity contribution is -0.384. The lowest BCUT2D eigenvalue weighted by atomic mass is 10.1. The van der Waals surface area contributed by atoms with Crippen LogP contribution in [0.25, 0.3) is 6.08 Å². The van der Waals surface area contributed by atoms with Crippen molar-refractivity contribution in [1.82, 2.24) is 5.32 Å². The van der Waals surface area contributed by atoms with Gasteiger partial charge in [-0.15, -0.1) is 0 Å². The Hall–Kier alpha value is -5.32. The van der Waals surface area contributed by atoms with Gasteiger partial charge in [-0.2, -0.15) is 0 Å². The number of hydrogen-bond acceptors (Lipinski definition) is 7. The van der Waals surface area contributed by atoms with Crippen LogP contribution in [0.5, 0.6) is 5.75 Å². The van der Waals surface area contributed by atoms with Crippen molar-refractivity contribution < 1.29 is 28.8 Å². The maximum absolute atomic E-state index is 13.1. The molecule has 1 saturated heterocycles. The van der Waals surface area contributed by atoms with Gasteiger partial charge in [-0.1, -0.05) is 35.9 Å². The van der Waals surface area contributed by atoms with E-state index in [0.29, 0.717) is 21.9 Å². The summed E-state index contributed by atoms with van der Waals surface area (Å²) in [5.74, 6) is -1.92. The number of nitrogens with zero attached hydrogens (tertiary/aromatic N) is 2. The average molecular weight is 514 g/mol. The fourth-order valence-corrected chi connectivity index (χ4v) is 3.79. The summed E-state index contributed by atoms with van der Waals surface area (Å²) >= 11 is 0. The molecule has 192 valence electrons. The first-order valence-electron chi connectivity index (χ1n) is 11.4. The normalized spacial score (nSPS) is 14.3. The van der Waals surface area contributed by atoms with E-state index in [1.54, 1.807) is 18.2 Å². The number of benzene rings is 3. The number of hydrogen-bond donors (Lipinski definition) is 2. The summed E-state index contributed by atoms with van der Waals surface area (Å²) in [6, 6.07) is 15.9. The Morgan fingerprint density at radius 3 is 2.55 bits per heavy atom. The van der Waals surface area contributed by atoms with E-state index in [-0.39, 0.29) is 29.5 Å². The molecule has 0 radical (unpaired) electrons. The Bertz CT molecular complexity index is 1510. The molecule has 1 aliphatic heterocycles. The Labute approximate surface area is 216 Å². The number of non-ortho nitro benzene ring substituents is 1. The molecule has 11 heteroatoms. The summed E-state index contributed by atoms with van der Waals surface area (Å²) in [7, 11) is 0. The molecule has 3 aromatic rings. The van der Waals surface area contributed by atoms with Crippen molar-refractivity contribution in [3.8, 4) is 5.75 Å². The van der Waals surface area contributed by atoms with Crippen LogP contribution in [0.15, 0.2) is 72.3 Å². The van der Waals surface area contributed by atoms with Crippen molar-refractivity contribution in [2.75, 3.05) is 16.8 Å². The zero-order chi connectivity index (χ0) is 27.4. The number of carbonyl (C=O) groups excluding carboxylic acids is 4. The van der Waals surface area contributed by atoms with E-state index in [9.17, 15) is 29.3 Å². The lowest BCUT2D eigenvalue weighted by Gasteiger charge is -2.26. The summed E-state index contributed by atoms with van der Waals surface area (Å²) in [6.45, 7) is 3.57. The highest BCUT2D eigenvalue weighted by Crippen LogP contribution is 2.26. The van der Waals surface area contributed by atoms with Crippen molar-refractivity contribution in [3.63, 3.8) is 0 Å². The predicted molar refractivity (Wildman–Crippen MR) is 139 cm³/mol. The zero-order valence-electron chi connectivity index (χ0n) is 20.4. The van der Waals surface area contributed by atoms with Crippen LogP contribution in [0.4, 0.5) is 21.9 Å². The monoisotopic (exact) mass is 514 g/mol. The fourth-order valence-electron chi connectivity index (χ4n) is 3.79. The maximum atomic E-state index is 13.1. The van der Waals surface area contributed by atoms with Crippen molar-refractivity contribution in [3.05, 3.63) is 99.1 Å². The highest BCUT2D eigenvalue weighted by molar-refractivity contribution is 6.39. The topological polar surface area (TPSA) is 148 Å². The van der Waals surface area contributed by atoms with Crippen molar-refractivity contribution in [2.24, 2.45) is 0 Å². The summed E-state index contributed by atoms with van der Waals surface area (Å²) < 4.78 is 5.58. The second kappa shape index (κ2) is 10.7. The SMILES string of the molecule is Cc1ccc(NC(=O)COc2cccc(/C=C3/C(=O)NC(=O)N(c4cccc([N+](=O)[O-])c4)C3=O)c2)c(C)c1. The van der Waals surface area contributed by atoms with Gasteiger partial charge in [0.05, 0.1) is 10.6 Å². The van der Waals surface area contributed by atoms with Crippen molar-refractivity contribution >= 4 is 46.9 Å². The number of ether oxygens (including phenoxy) is 1. The second-order valence-electron chi connectivity index (χ2n) is 8.46. The van der Waals surface area contributed by atoms with E-state index in [4.69, 9.17) is 4.74 Å². The van der Waals surface area contributed by atoms with Crippen molar-refractivity contribution in [2.45, 2.75) is 13.8 Å². The van der Waals surface area contributed by atoms with E-state index in [2.05, 4.69) is 10.6 Å². The molecule has 0 bridgehead atoms. The van der Waals surface area contributed by atoms with Gasteiger partial charge in [-0.3, -0.25) is 29.8 Å². The van der Waals surface area contributed by atoms with Crippen LogP contribution in [0.2, 0.25) is 0 Å². The van der Waals surface area contributed by atoms with Gasteiger partial charge in [0.25, 0.3) is 23.4 Å². The summed E-state index contributed by atoms with van der Waals surface area (Å²) in [6.07, 6.45) is 1.26. The highest BCUT2D eigenvalue weighted by Gasteiger charge is 2.37. The lowest BCUT2D eigenvalue weighted by Crippen LogP contribution is -2.54. The molecule has 1 fully saturated rings. The molecule has 0 saturated carbocycles. The van der Waals surface area contributed by atoms with E-state index in [0.717, 1.165) is 17.2 Å². The highest BCUT2D eigenvalue weighted by atomic mass is 16.6. The summed E-state index contributed by atoms with van der Waals surface area (Å²) in [5, 5.41) is 16.0. The minimum atomic E-state index is -1.02. The number of nitro groups is 1. The molecule has 1 heterocycles. The molecule has 3 aromatic carbocycles. The van der Waals surface area contributed by atoms with Crippen LogP contribution >= 0.6 is 0 Å². The third kappa shape index (κ3) is 5.73. The van der Waals surface area contributed by atoms with E-state index in [1.807, 2.05) is 32.0 Å². The Balaban J connectivity index is 1.50. The first-order valence-corrected chi connectivity index (χ1v) is 11.4. The number of urea groups is 1. The van der Waals surface area contributed by atoms with Crippen LogP contribution < -0.4 is 20.3 Å². The standard InChI is InChI=1S/C27H22N4O7/c1-16-9-10-23(17(2)11-16)28-24(32)15-38-21-8-3-5-18(12-21)13-22-25(33)29-27(35)30(26(22)34)19-6-4-7-20(14-19)31(36)37/h3-14H,15H2,1-2H3,(H,28,32)(H,29,33,35)/b22-13-. The molecule has 4 rings (SSSR count). The molecule has 2 N–H and O–H groups in total. The molecule has 1 aliphatic rings. The van der Waals surface area contributed by atoms with Gasteiger partial charge in [-0.05, 0) is 55.3 Å². The molecule has 0 aromatic heterocycles. The number of amides is 5. The predicted octanol–water partition coefficient (Wildman–Crippen LogP) is 3.90. The van der Waals surface area contributed by atoms with Gasteiger partial charge < -0.3 is 10.1 Å². The van der Waals surface area contributed by atoms with Gasteiger partial charge in [0.15, 0.2) is 6.61 Å². The van der Waals surface area contributed by atoms with Crippen LogP contribution in [0.1, 0.15) is 16.7 Å². The molecule has 0 unspecified atom stereocenters. The molecule has 11 nitrogen and oxygen atoms in total. The number of imide groups is 2. The smallest absolute Gasteiger partial charge is 0.335 e. The number of barbiturate groups is 1. The molecule has 0 atom stereocenters. The number of carbonyl (C=O) groups is 4. The summed E-state index contributed by atoms with van der Waals surface area (Å²) in [4.78, 5) is 61.4. The fraction of sp³-hybridized carbons (Fsp3) is 0.111. The van der Waals surface area contributed by atoms with Crippen LogP contribution in [-0.2, 0) is 14.4 Å². The van der Waals surface area contributed by atoms with Crippen molar-refractivity contribution in [1.29, 1.82) is 0 Å². The Kier molecular flexibility index (Phi) is 7.28. The van der Waals surface area contributed by atoms with Crippen LogP contribution in [0.3, 0.4) is 0 Å². The number of nitrogens with one attached hydrogen (secondary N) is 2. The molecule has 0 aliphatic carbocycles. The quantitative estimate of drug-likeness (QED) is 0.210. The number of anilines is 2. The van der Waals surface area contributed by atoms with E-state index in [1.165, 1.54) is 30.3 Å². The molecular formula is C27H22N4O7. The third-order valence-corrected chi connectivity index (χ3v) is 5.60. The Morgan fingerprint density at radius 2 is 1.82 bits per heavy atom. The first kappa shape index (κ1) is 25.8. The molecule has 38 heavy (non-hydrogen) atoms. The van der Waals surface area contributed by atoms with Crippen LogP contribution in [0, 0.1) is 24.0 Å². The third-order valence-electron chi connectivity index (χ3n) is 5.60. The Morgan fingerprint density at radius 1 is 1.05 bits per heavy atom. The molecule has 5 amide bonds. The van der Waals surface area contributed by atoms with Gasteiger partial charge in [0, 0.05) is 17.8 Å². The zero-order valence-corrected chi connectivity index (χ0v) is 20.4. The minimum absolute atomic E-state index is 0.0630. The second-order valence-corrected chi connectivity index (χ2v) is 8.46. The largest absolute Gasteiger partial charge is 0.484 e. The number of rotatable bonds is 7. The van der Waals surface area contributed by atoms with Crippen LogP contribution in [-0.4, -0.2) is 35.3 Å². The van der Waals surface area contributed by atoms with Gasteiger partial charge in [0.1, 0.15) is 11.3 Å². The summed E-state index contributed by atoms with van der Waals surface area (Å²) in [5.41, 5.74) is 2.31. The average Bonchev–Trinajstić information content (AvgIpc) is 2.87. The molecular weight excluding hydrogens is 492 g/mol. The van der Waals surface area contributed by atoms with Gasteiger partial charge in [-0.25, -0.2) is 9.69 Å².